The van der Waals surface area contributed by atoms with Crippen molar-refractivity contribution in [1.29, 1.82) is 0 Å². The first-order valence-electron chi connectivity index (χ1n) is 6.60. The minimum atomic E-state index is -0.354. The molecule has 4 rings (SSSR count). The highest BCUT2D eigenvalue weighted by molar-refractivity contribution is 9.10. The number of hydrogen-bond acceptors (Lipinski definition) is 6. The Morgan fingerprint density at radius 2 is 1.91 bits per heavy atom. The van der Waals surface area contributed by atoms with Crippen LogP contribution in [0.3, 0.4) is 0 Å². The third-order valence-electron chi connectivity index (χ3n) is 3.10. The number of hydrogen-bond donors (Lipinski definition) is 1. The van der Waals surface area contributed by atoms with Crippen molar-refractivity contribution in [2.45, 2.75) is 0 Å². The molecule has 0 fully saturated rings. The Bertz CT molecular complexity index is 983. The van der Waals surface area contributed by atoms with Crippen LogP contribution in [0.1, 0.15) is 0 Å². The van der Waals surface area contributed by atoms with Crippen LogP contribution in [0.4, 0.5) is 15.5 Å². The van der Waals surface area contributed by atoms with E-state index in [1.165, 1.54) is 17.4 Å². The van der Waals surface area contributed by atoms with E-state index in [1.807, 2.05) is 30.3 Å². The van der Waals surface area contributed by atoms with Gasteiger partial charge in [-0.25, -0.2) is 9.37 Å². The van der Waals surface area contributed by atoms with Crippen molar-refractivity contribution >= 4 is 48.6 Å². The fourth-order valence-corrected chi connectivity index (χ4v) is 3.18. The molecule has 8 heteroatoms. The largest absolute Gasteiger partial charge is 0.403 e. The summed E-state index contributed by atoms with van der Waals surface area (Å²) in [5.74, 6) is 0.0418. The average Bonchev–Trinajstić information content (AvgIpc) is 3.16. The first-order valence-corrected chi connectivity index (χ1v) is 8.21. The standard InChI is InChI=1S/C15H8BrFN4OS/c16-9-6-4-8(5-7-9)13-20-21-14(22-13)19-15-18-12-10(17)2-1-3-11(12)23-15/h1-7H,(H,18,19,21). The molecule has 0 aliphatic carbocycles. The number of thiazole rings is 1. The van der Waals surface area contributed by atoms with E-state index < -0.39 is 0 Å². The maximum atomic E-state index is 13.7. The zero-order valence-electron chi connectivity index (χ0n) is 11.5. The van der Waals surface area contributed by atoms with Gasteiger partial charge in [-0.3, -0.25) is 5.32 Å². The maximum absolute atomic E-state index is 13.7. The van der Waals surface area contributed by atoms with E-state index in [2.05, 4.69) is 36.4 Å². The van der Waals surface area contributed by atoms with Gasteiger partial charge in [-0.2, -0.15) is 0 Å². The van der Waals surface area contributed by atoms with Crippen molar-refractivity contribution < 1.29 is 8.81 Å². The monoisotopic (exact) mass is 390 g/mol. The lowest BCUT2D eigenvalue weighted by Gasteiger charge is -1.95. The molecule has 4 aromatic rings. The fourth-order valence-electron chi connectivity index (χ4n) is 2.04. The molecular weight excluding hydrogens is 383 g/mol. The van der Waals surface area contributed by atoms with Crippen LogP contribution >= 0.6 is 27.3 Å². The van der Waals surface area contributed by atoms with Crippen molar-refractivity contribution in [3.8, 4) is 11.5 Å². The van der Waals surface area contributed by atoms with Gasteiger partial charge in [-0.05, 0) is 36.4 Å². The molecule has 0 unspecified atom stereocenters. The highest BCUT2D eigenvalue weighted by Crippen LogP contribution is 2.30. The number of benzene rings is 2. The van der Waals surface area contributed by atoms with Crippen LogP contribution < -0.4 is 5.32 Å². The van der Waals surface area contributed by atoms with E-state index in [9.17, 15) is 4.39 Å². The molecule has 114 valence electrons. The smallest absolute Gasteiger partial charge is 0.322 e. The Hall–Kier alpha value is -2.32. The zero-order valence-corrected chi connectivity index (χ0v) is 13.9. The van der Waals surface area contributed by atoms with Crippen LogP contribution in [0.15, 0.2) is 51.4 Å². The Balaban J connectivity index is 1.61. The molecule has 2 heterocycles. The third-order valence-corrected chi connectivity index (χ3v) is 4.56. The van der Waals surface area contributed by atoms with Gasteiger partial charge in [-0.1, -0.05) is 38.4 Å². The number of halogens is 2. The number of nitrogens with one attached hydrogen (secondary N) is 1. The van der Waals surface area contributed by atoms with E-state index in [1.54, 1.807) is 6.07 Å². The molecule has 0 atom stereocenters. The summed E-state index contributed by atoms with van der Waals surface area (Å²) in [5.41, 5.74) is 1.14. The van der Waals surface area contributed by atoms with Crippen LogP contribution in [0.2, 0.25) is 0 Å². The molecule has 0 aliphatic rings. The van der Waals surface area contributed by atoms with E-state index in [-0.39, 0.29) is 11.8 Å². The minimum absolute atomic E-state index is 0.211. The number of aromatic nitrogens is 3. The normalized spacial score (nSPS) is 11.0. The van der Waals surface area contributed by atoms with Crippen LogP contribution in [-0.4, -0.2) is 15.2 Å². The number of rotatable bonds is 3. The van der Waals surface area contributed by atoms with Crippen LogP contribution in [0.25, 0.3) is 21.7 Å². The van der Waals surface area contributed by atoms with Crippen LogP contribution in [-0.2, 0) is 0 Å². The molecule has 0 saturated carbocycles. The first-order chi connectivity index (χ1) is 11.2. The molecule has 0 spiro atoms. The lowest BCUT2D eigenvalue weighted by Crippen LogP contribution is -1.89. The first kappa shape index (κ1) is 14.3. The van der Waals surface area contributed by atoms with Crippen molar-refractivity contribution in [3.05, 3.63) is 52.8 Å². The van der Waals surface area contributed by atoms with Gasteiger partial charge in [0.15, 0.2) is 5.13 Å². The van der Waals surface area contributed by atoms with Crippen molar-refractivity contribution in [2.75, 3.05) is 5.32 Å². The van der Waals surface area contributed by atoms with Crippen molar-refractivity contribution in [2.24, 2.45) is 0 Å². The maximum Gasteiger partial charge on any atom is 0.322 e. The number of anilines is 2. The predicted octanol–water partition coefficient (Wildman–Crippen LogP) is 4.99. The van der Waals surface area contributed by atoms with Gasteiger partial charge >= 0.3 is 6.01 Å². The highest BCUT2D eigenvalue weighted by Gasteiger charge is 2.12. The molecule has 0 bridgehead atoms. The summed E-state index contributed by atoms with van der Waals surface area (Å²) in [4.78, 5) is 4.20. The summed E-state index contributed by atoms with van der Waals surface area (Å²) in [7, 11) is 0. The molecule has 0 saturated heterocycles. The minimum Gasteiger partial charge on any atom is -0.403 e. The van der Waals surface area contributed by atoms with Crippen molar-refractivity contribution in [1.82, 2.24) is 15.2 Å². The second kappa shape index (κ2) is 5.71. The highest BCUT2D eigenvalue weighted by atomic mass is 79.9. The van der Waals surface area contributed by atoms with Crippen molar-refractivity contribution in [3.63, 3.8) is 0 Å². The fraction of sp³-hybridized carbons (Fsp3) is 0. The van der Waals surface area contributed by atoms with Gasteiger partial charge in [0.2, 0.25) is 5.89 Å². The Morgan fingerprint density at radius 3 is 2.70 bits per heavy atom. The van der Waals surface area contributed by atoms with Gasteiger partial charge in [0.1, 0.15) is 11.3 Å². The second-order valence-electron chi connectivity index (χ2n) is 4.65. The van der Waals surface area contributed by atoms with Gasteiger partial charge in [0.25, 0.3) is 0 Å². The van der Waals surface area contributed by atoms with Crippen LogP contribution in [0.5, 0.6) is 0 Å². The SMILES string of the molecule is Fc1cccc2sc(Nc3nnc(-c4ccc(Br)cc4)o3)nc12. The van der Waals surface area contributed by atoms with Gasteiger partial charge in [0, 0.05) is 10.0 Å². The molecule has 2 aromatic carbocycles. The lowest BCUT2D eigenvalue weighted by molar-refractivity contribution is 0.587. The van der Waals surface area contributed by atoms with E-state index >= 15 is 0 Å². The number of nitrogens with zero attached hydrogens (tertiary/aromatic N) is 3. The van der Waals surface area contributed by atoms with E-state index in [4.69, 9.17) is 4.42 Å². The molecule has 1 N–H and O–H groups in total. The number of fused-ring (bicyclic) bond motifs is 1. The Labute approximate surface area is 142 Å². The van der Waals surface area contributed by atoms with Gasteiger partial charge in [-0.15, -0.1) is 5.10 Å². The molecule has 0 aliphatic heterocycles. The third kappa shape index (κ3) is 2.82. The zero-order chi connectivity index (χ0) is 15.8. The van der Waals surface area contributed by atoms with Gasteiger partial charge < -0.3 is 4.42 Å². The summed E-state index contributed by atoms with van der Waals surface area (Å²) >= 11 is 4.69. The quantitative estimate of drug-likeness (QED) is 0.533. The molecule has 2 aromatic heterocycles. The Morgan fingerprint density at radius 1 is 1.09 bits per heavy atom. The molecule has 5 nitrogen and oxygen atoms in total. The van der Waals surface area contributed by atoms with Gasteiger partial charge in [0.05, 0.1) is 4.70 Å². The molecule has 0 amide bonds. The lowest BCUT2D eigenvalue weighted by atomic mass is 10.2. The molecule has 23 heavy (non-hydrogen) atoms. The van der Waals surface area contributed by atoms with Crippen LogP contribution in [0, 0.1) is 5.82 Å². The molecular formula is C15H8BrFN4OS. The summed E-state index contributed by atoms with van der Waals surface area (Å²) in [6, 6.07) is 12.6. The Kier molecular flexibility index (Phi) is 3.55. The summed E-state index contributed by atoms with van der Waals surface area (Å²) in [6.07, 6.45) is 0. The predicted molar refractivity (Wildman–Crippen MR) is 90.3 cm³/mol. The summed E-state index contributed by atoms with van der Waals surface area (Å²) in [5, 5.41) is 11.3. The molecule has 0 radical (unpaired) electrons. The summed E-state index contributed by atoms with van der Waals surface area (Å²) < 4.78 is 20.9. The average molecular weight is 391 g/mol. The topological polar surface area (TPSA) is 63.8 Å². The summed E-state index contributed by atoms with van der Waals surface area (Å²) in [6.45, 7) is 0. The number of para-hydroxylation sites is 1. The second-order valence-corrected chi connectivity index (χ2v) is 6.60. The van der Waals surface area contributed by atoms with E-state index in [0.29, 0.717) is 16.5 Å². The van der Waals surface area contributed by atoms with E-state index in [0.717, 1.165) is 14.7 Å².